The maximum Gasteiger partial charge on any atom is 0.254 e. The molecule has 2 aliphatic rings. The Morgan fingerprint density at radius 3 is 2.39 bits per heavy atom. The van der Waals surface area contributed by atoms with E-state index in [4.69, 9.17) is 0 Å². The second-order valence-electron chi connectivity index (χ2n) is 7.03. The maximum atomic E-state index is 13.6. The number of hydrogen-bond donors (Lipinski definition) is 2. The lowest BCUT2D eigenvalue weighted by Gasteiger charge is -2.34. The van der Waals surface area contributed by atoms with Crippen LogP contribution in [0.5, 0.6) is 0 Å². The van der Waals surface area contributed by atoms with Crippen molar-refractivity contribution in [2.24, 2.45) is 5.92 Å². The lowest BCUT2D eigenvalue weighted by molar-refractivity contribution is -0.131. The van der Waals surface area contributed by atoms with Crippen LogP contribution in [-0.2, 0) is 4.79 Å². The number of piperazine rings is 1. The van der Waals surface area contributed by atoms with Crippen molar-refractivity contribution in [2.75, 3.05) is 52.4 Å². The van der Waals surface area contributed by atoms with Crippen molar-refractivity contribution in [3.05, 3.63) is 35.6 Å². The molecule has 9 heteroatoms. The number of amides is 2. The molecule has 1 saturated carbocycles. The van der Waals surface area contributed by atoms with Gasteiger partial charge in [0.05, 0.1) is 12.1 Å². The van der Waals surface area contributed by atoms with E-state index in [-0.39, 0.29) is 36.3 Å². The van der Waals surface area contributed by atoms with E-state index in [1.165, 1.54) is 25.0 Å². The predicted octanol–water partition coefficient (Wildman–Crippen LogP) is 1.54. The zero-order valence-corrected chi connectivity index (χ0v) is 17.5. The highest BCUT2D eigenvalue weighted by atomic mass is 35.5. The summed E-state index contributed by atoms with van der Waals surface area (Å²) >= 11 is 0. The van der Waals surface area contributed by atoms with Gasteiger partial charge in [0.25, 0.3) is 5.91 Å². The normalized spacial score (nSPS) is 16.7. The first kappa shape index (κ1) is 24.6. The van der Waals surface area contributed by atoms with E-state index in [0.29, 0.717) is 32.7 Å². The first-order valence-electron chi connectivity index (χ1n) is 9.37. The fraction of sp³-hybridized carbons (Fsp3) is 0.579. The van der Waals surface area contributed by atoms with Gasteiger partial charge in [0.1, 0.15) is 5.82 Å². The molecule has 28 heavy (non-hydrogen) atoms. The first-order valence-corrected chi connectivity index (χ1v) is 9.37. The predicted molar refractivity (Wildman–Crippen MR) is 112 cm³/mol. The third-order valence-electron chi connectivity index (χ3n) is 4.96. The van der Waals surface area contributed by atoms with Gasteiger partial charge >= 0.3 is 0 Å². The molecule has 0 radical (unpaired) electrons. The molecule has 6 nitrogen and oxygen atoms in total. The van der Waals surface area contributed by atoms with Gasteiger partial charge in [-0.1, -0.05) is 12.1 Å². The fourth-order valence-corrected chi connectivity index (χ4v) is 3.11. The Labute approximate surface area is 178 Å². The SMILES string of the molecule is Cl.Cl.O=C(NCCN1CCN(C(=O)CNCC2CC2)CC1)c1ccccc1F. The quantitative estimate of drug-likeness (QED) is 0.651. The molecule has 0 unspecified atom stereocenters. The molecule has 2 N–H and O–H groups in total. The summed E-state index contributed by atoms with van der Waals surface area (Å²) in [5.41, 5.74) is 0.0709. The Balaban J connectivity index is 0.00000196. The number of carbonyl (C=O) groups is 2. The van der Waals surface area contributed by atoms with Crippen molar-refractivity contribution in [1.82, 2.24) is 20.4 Å². The number of rotatable bonds is 8. The van der Waals surface area contributed by atoms with Crippen LogP contribution in [0.25, 0.3) is 0 Å². The van der Waals surface area contributed by atoms with Crippen LogP contribution in [0.1, 0.15) is 23.2 Å². The molecule has 0 bridgehead atoms. The molecule has 1 aliphatic heterocycles. The maximum absolute atomic E-state index is 13.6. The molecule has 2 fully saturated rings. The number of hydrogen-bond acceptors (Lipinski definition) is 4. The second kappa shape index (κ2) is 12.2. The van der Waals surface area contributed by atoms with Gasteiger partial charge in [-0.3, -0.25) is 14.5 Å². The van der Waals surface area contributed by atoms with E-state index in [1.807, 2.05) is 4.90 Å². The highest BCUT2D eigenvalue weighted by Crippen LogP contribution is 2.27. The standard InChI is InChI=1S/C19H27FN4O2.2ClH/c20-17-4-2-1-3-16(17)19(26)22-7-8-23-9-11-24(12-10-23)18(25)14-21-13-15-5-6-15;;/h1-4,15,21H,5-14H2,(H,22,26);2*1H. The van der Waals surface area contributed by atoms with E-state index < -0.39 is 11.7 Å². The molecule has 3 rings (SSSR count). The van der Waals surface area contributed by atoms with Crippen LogP contribution in [0.2, 0.25) is 0 Å². The molecule has 0 atom stereocenters. The topological polar surface area (TPSA) is 64.7 Å². The molecule has 1 aromatic carbocycles. The van der Waals surface area contributed by atoms with Gasteiger partial charge in [0, 0.05) is 39.3 Å². The number of benzene rings is 1. The first-order chi connectivity index (χ1) is 12.6. The zero-order chi connectivity index (χ0) is 18.4. The molecule has 1 heterocycles. The molecule has 158 valence electrons. The molecular formula is C19H29Cl2FN4O2. The Hall–Kier alpha value is -1.41. The third kappa shape index (κ3) is 7.54. The number of carbonyl (C=O) groups excluding carboxylic acids is 2. The lowest BCUT2D eigenvalue weighted by Crippen LogP contribution is -2.52. The molecule has 0 spiro atoms. The minimum absolute atomic E-state index is 0. The van der Waals surface area contributed by atoms with Gasteiger partial charge in [-0.15, -0.1) is 24.8 Å². The summed E-state index contributed by atoms with van der Waals surface area (Å²) in [5.74, 6) is 0.0449. The minimum Gasteiger partial charge on any atom is -0.351 e. The average molecular weight is 435 g/mol. The van der Waals surface area contributed by atoms with Gasteiger partial charge in [-0.05, 0) is 37.4 Å². The molecule has 1 saturated heterocycles. The molecule has 2 amide bonds. The van der Waals surface area contributed by atoms with Gasteiger partial charge < -0.3 is 15.5 Å². The summed E-state index contributed by atoms with van der Waals surface area (Å²) in [6.45, 7) is 5.55. The summed E-state index contributed by atoms with van der Waals surface area (Å²) < 4.78 is 13.6. The summed E-state index contributed by atoms with van der Waals surface area (Å²) in [6, 6.07) is 5.97. The van der Waals surface area contributed by atoms with Crippen LogP contribution in [-0.4, -0.2) is 74.0 Å². The van der Waals surface area contributed by atoms with Gasteiger partial charge in [0.2, 0.25) is 5.91 Å². The Kier molecular flexibility index (Phi) is 10.7. The third-order valence-corrected chi connectivity index (χ3v) is 4.96. The molecule has 1 aliphatic carbocycles. The van der Waals surface area contributed by atoms with Crippen LogP contribution in [0.15, 0.2) is 24.3 Å². The minimum atomic E-state index is -0.507. The van der Waals surface area contributed by atoms with Crippen molar-refractivity contribution in [1.29, 1.82) is 0 Å². The smallest absolute Gasteiger partial charge is 0.254 e. The van der Waals surface area contributed by atoms with E-state index in [2.05, 4.69) is 15.5 Å². The number of nitrogens with one attached hydrogen (secondary N) is 2. The largest absolute Gasteiger partial charge is 0.351 e. The van der Waals surface area contributed by atoms with Crippen molar-refractivity contribution in [2.45, 2.75) is 12.8 Å². The van der Waals surface area contributed by atoms with Crippen LogP contribution >= 0.6 is 24.8 Å². The van der Waals surface area contributed by atoms with E-state index in [1.54, 1.807) is 12.1 Å². The van der Waals surface area contributed by atoms with Crippen molar-refractivity contribution in [3.8, 4) is 0 Å². The fourth-order valence-electron chi connectivity index (χ4n) is 3.11. The Morgan fingerprint density at radius 1 is 1.07 bits per heavy atom. The average Bonchev–Trinajstić information content (AvgIpc) is 3.47. The van der Waals surface area contributed by atoms with Crippen molar-refractivity contribution < 1.29 is 14.0 Å². The number of halogens is 3. The Morgan fingerprint density at radius 2 is 1.75 bits per heavy atom. The van der Waals surface area contributed by atoms with Crippen LogP contribution in [0.4, 0.5) is 4.39 Å². The van der Waals surface area contributed by atoms with Gasteiger partial charge in [0.15, 0.2) is 0 Å². The molecule has 0 aromatic heterocycles. The van der Waals surface area contributed by atoms with Crippen LogP contribution in [0.3, 0.4) is 0 Å². The zero-order valence-electron chi connectivity index (χ0n) is 15.9. The monoisotopic (exact) mass is 434 g/mol. The summed E-state index contributed by atoms with van der Waals surface area (Å²) in [7, 11) is 0. The highest BCUT2D eigenvalue weighted by molar-refractivity contribution is 5.94. The summed E-state index contributed by atoms with van der Waals surface area (Å²) in [5, 5.41) is 5.99. The lowest BCUT2D eigenvalue weighted by atomic mass is 10.2. The van der Waals surface area contributed by atoms with Gasteiger partial charge in [-0.2, -0.15) is 0 Å². The molecule has 1 aromatic rings. The number of nitrogens with zero attached hydrogens (tertiary/aromatic N) is 2. The van der Waals surface area contributed by atoms with Crippen LogP contribution in [0, 0.1) is 11.7 Å². The van der Waals surface area contributed by atoms with E-state index in [9.17, 15) is 14.0 Å². The summed E-state index contributed by atoms with van der Waals surface area (Å²) in [4.78, 5) is 28.2. The highest BCUT2D eigenvalue weighted by Gasteiger charge is 2.23. The molecular weight excluding hydrogens is 406 g/mol. The van der Waals surface area contributed by atoms with Crippen LogP contribution < -0.4 is 10.6 Å². The van der Waals surface area contributed by atoms with Gasteiger partial charge in [-0.25, -0.2) is 4.39 Å². The summed E-state index contributed by atoms with van der Waals surface area (Å²) in [6.07, 6.45) is 2.57. The second-order valence-corrected chi connectivity index (χ2v) is 7.03. The van der Waals surface area contributed by atoms with E-state index in [0.717, 1.165) is 25.6 Å². The van der Waals surface area contributed by atoms with Crippen molar-refractivity contribution in [3.63, 3.8) is 0 Å². The van der Waals surface area contributed by atoms with Crippen molar-refractivity contribution >= 4 is 36.6 Å². The van der Waals surface area contributed by atoms with E-state index >= 15 is 0 Å². The Bertz CT molecular complexity index is 638.